The van der Waals surface area contributed by atoms with E-state index in [1.807, 2.05) is 57.3 Å². The van der Waals surface area contributed by atoms with Gasteiger partial charge in [-0.3, -0.25) is 14.4 Å². The van der Waals surface area contributed by atoms with E-state index < -0.39 is 44.8 Å². The van der Waals surface area contributed by atoms with Crippen LogP contribution in [-0.4, -0.2) is 155 Å². The van der Waals surface area contributed by atoms with Gasteiger partial charge in [0.15, 0.2) is 49.3 Å². The van der Waals surface area contributed by atoms with Crippen LogP contribution in [0.1, 0.15) is 264 Å². The topological polar surface area (TPSA) is 195 Å². The first-order valence-corrected chi connectivity index (χ1v) is 49.0. The highest BCUT2D eigenvalue weighted by atomic mass is 32.2. The third-order valence-corrected chi connectivity index (χ3v) is 34.7. The molecule has 0 aromatic heterocycles. The van der Waals surface area contributed by atoms with Crippen LogP contribution in [0.4, 0.5) is 4.79 Å². The first-order valence-electron chi connectivity index (χ1n) is 38.3. The van der Waals surface area contributed by atoms with E-state index in [1.54, 1.807) is 41.1 Å². The van der Waals surface area contributed by atoms with Crippen LogP contribution in [0.15, 0.2) is 35.1 Å². The summed E-state index contributed by atoms with van der Waals surface area (Å²) in [6.45, 7) is 84.3. The number of hydrogen-bond acceptors (Lipinski definition) is 20. The number of aryl methyl sites for hydroxylation is 1. The lowest BCUT2D eigenvalue weighted by Crippen LogP contribution is -2.49. The Morgan fingerprint density at radius 1 is 0.514 bits per heavy atom. The zero-order chi connectivity index (χ0) is 83.4. The molecule has 2 aliphatic rings. The average molecular weight is 1640 g/mol. The molecule has 2 aliphatic heterocycles. The molecular weight excluding hydrogens is 1480 g/mol. The lowest BCUT2D eigenvalue weighted by Gasteiger charge is -2.42. The summed E-state index contributed by atoms with van der Waals surface area (Å²) in [6, 6.07) is 3.58. The molecular formula is C85H163NO14S5Si2. The Balaban J connectivity index is -0.00000130. The quantitative estimate of drug-likeness (QED) is 0.0469. The lowest BCUT2D eigenvalue weighted by molar-refractivity contribution is -0.274. The molecule has 1 atom stereocenters. The maximum absolute atomic E-state index is 13.3. The van der Waals surface area contributed by atoms with Crippen molar-refractivity contribution in [3.8, 4) is 11.5 Å². The van der Waals surface area contributed by atoms with Gasteiger partial charge in [0.05, 0.1) is 56.9 Å². The summed E-state index contributed by atoms with van der Waals surface area (Å²) in [6.07, 6.45) is 7.07. The molecule has 1 aromatic rings. The number of carbonyl (C=O) groups is 4. The van der Waals surface area contributed by atoms with Crippen molar-refractivity contribution in [1.29, 1.82) is 0 Å². The van der Waals surface area contributed by atoms with E-state index in [0.29, 0.717) is 48.8 Å². The van der Waals surface area contributed by atoms with Gasteiger partial charge in [-0.25, -0.2) is 4.79 Å². The van der Waals surface area contributed by atoms with Gasteiger partial charge in [0, 0.05) is 41.4 Å². The van der Waals surface area contributed by atoms with Crippen LogP contribution < -0.4 is 14.8 Å². The van der Waals surface area contributed by atoms with Crippen molar-refractivity contribution in [3.63, 3.8) is 0 Å². The van der Waals surface area contributed by atoms with Gasteiger partial charge in [-0.05, 0) is 215 Å². The van der Waals surface area contributed by atoms with E-state index in [0.717, 1.165) is 59.9 Å². The van der Waals surface area contributed by atoms with E-state index in [4.69, 9.17) is 47.5 Å². The number of rotatable bonds is 31. The van der Waals surface area contributed by atoms with Crippen LogP contribution in [0, 0.1) is 55.7 Å². The summed E-state index contributed by atoms with van der Waals surface area (Å²) in [4.78, 5) is 51.9. The zero-order valence-electron chi connectivity index (χ0n) is 74.3. The summed E-state index contributed by atoms with van der Waals surface area (Å²) in [7, 11) is -0.767. The molecule has 0 spiro atoms. The molecule has 2 heterocycles. The summed E-state index contributed by atoms with van der Waals surface area (Å²) < 4.78 is 45.5. The summed E-state index contributed by atoms with van der Waals surface area (Å²) in [5, 5.41) is 21.9. The highest BCUT2D eigenvalue weighted by Crippen LogP contribution is 2.44. The van der Waals surface area contributed by atoms with Gasteiger partial charge in [-0.2, -0.15) is 0 Å². The minimum absolute atomic E-state index is 0. The third-order valence-electron chi connectivity index (χ3n) is 19.7. The first kappa shape index (κ1) is 110. The van der Waals surface area contributed by atoms with E-state index in [9.17, 15) is 19.2 Å². The summed E-state index contributed by atoms with van der Waals surface area (Å²) >= 11 is 7.74. The molecule has 630 valence electrons. The number of benzene rings is 1. The number of aliphatic hydroxyl groups excluding tert-OH is 2. The molecule has 1 aromatic carbocycles. The molecule has 3 rings (SSSR count). The molecule has 2 saturated heterocycles. The summed E-state index contributed by atoms with van der Waals surface area (Å²) in [5.74, 6) is 5.35. The van der Waals surface area contributed by atoms with E-state index in [-0.39, 0.29) is 86.5 Å². The van der Waals surface area contributed by atoms with Gasteiger partial charge in [-0.1, -0.05) is 208 Å². The van der Waals surface area contributed by atoms with Gasteiger partial charge >= 0.3 is 6.16 Å². The van der Waals surface area contributed by atoms with E-state index >= 15 is 0 Å². The van der Waals surface area contributed by atoms with Crippen LogP contribution >= 0.6 is 58.8 Å². The van der Waals surface area contributed by atoms with Crippen molar-refractivity contribution in [3.05, 3.63) is 46.2 Å². The fraction of sp³-hybridized carbons (Fsp3) is 0.835. The molecule has 22 heteroatoms. The number of ether oxygens (including phenoxy) is 6. The number of carbonyl (C=O) groups excluding carboxylic acids is 4. The third kappa shape index (κ3) is 45.4. The number of aliphatic hydroxyl groups is 2. The molecule has 0 aliphatic carbocycles. The lowest BCUT2D eigenvalue weighted by atomic mass is 9.91. The molecule has 0 radical (unpaired) electrons. The zero-order valence-corrected chi connectivity index (χ0v) is 80.3. The smallest absolute Gasteiger partial charge is 0.493 e. The predicted octanol–water partition coefficient (Wildman–Crippen LogP) is 23.7. The second-order valence-electron chi connectivity index (χ2n) is 40.3. The van der Waals surface area contributed by atoms with E-state index in [2.05, 4.69) is 204 Å². The van der Waals surface area contributed by atoms with Gasteiger partial charge in [0.1, 0.15) is 13.2 Å². The molecule has 1 unspecified atom stereocenters. The van der Waals surface area contributed by atoms with Crippen LogP contribution in [0.5, 0.6) is 11.5 Å². The highest BCUT2D eigenvalue weighted by molar-refractivity contribution is 8.14. The Bertz CT molecular complexity index is 2750. The fourth-order valence-electron chi connectivity index (χ4n) is 8.34. The maximum atomic E-state index is 13.3. The molecule has 2 fully saturated rings. The Labute approximate surface area is 680 Å². The van der Waals surface area contributed by atoms with Crippen molar-refractivity contribution in [2.75, 3.05) is 95.8 Å². The highest BCUT2D eigenvalue weighted by Gasteiger charge is 2.46. The Kier molecular flexibility index (Phi) is 47.4. The standard InChI is InChI=1S/C23H50O3SSi2.C22H34O6S.C15H28O2S.C13H25NS.C11H22O3S.CH4/c1-20(2,3)15-16-27-19(24)23(10,17-25-28(11,12)21(4,5)6)18-26-29(13,14)22(7,8)9;1-15-11-17(25-7)18(26-8)12-16(15)13-27-20(24)28-14-22(5,6)19(23)29-10-9-21(2,3)4;1-12(18-9-8-13(2,3)4)15(7)10-16-14(5,6)17-11-15;1-11(13(5)7-6-9-14-13)15-10-8-12(2,3)4;1-10(2,3)5-6-15-9(14)11(4,7-12)8-13;/h15-18H2,1-14H3;11-12H,9-10,13-14H2,1-8H3;1,8-11H2,2-7H3;14H,1,6-10H2,2-5H3;12-13H,5-8H2,1-4H3;1H4. The van der Waals surface area contributed by atoms with Crippen molar-refractivity contribution in [2.45, 2.75) is 314 Å². The molecule has 0 amide bonds. The molecule has 0 saturated carbocycles. The van der Waals surface area contributed by atoms with Gasteiger partial charge in [0.2, 0.25) is 0 Å². The Morgan fingerprint density at radius 2 is 0.860 bits per heavy atom. The second kappa shape index (κ2) is 46.3. The largest absolute Gasteiger partial charge is 0.508 e. The molecule has 0 bridgehead atoms. The molecule has 3 N–H and O–H groups in total. The predicted molar refractivity (Wildman–Crippen MR) is 473 cm³/mol. The van der Waals surface area contributed by atoms with Crippen molar-refractivity contribution >= 4 is 96.9 Å². The number of nitrogens with one attached hydrogen (secondary N) is 1. The second-order valence-corrected chi connectivity index (χ2v) is 55.5. The first-order chi connectivity index (χ1) is 47.6. The van der Waals surface area contributed by atoms with E-state index in [1.165, 1.54) is 76.5 Å². The number of hydrogen-bond donors (Lipinski definition) is 3. The number of thioether (sulfide) groups is 5. The van der Waals surface area contributed by atoms with Crippen molar-refractivity contribution in [2.24, 2.45) is 48.7 Å². The maximum Gasteiger partial charge on any atom is 0.508 e. The Morgan fingerprint density at radius 3 is 1.20 bits per heavy atom. The molecule has 107 heavy (non-hydrogen) atoms. The fourth-order valence-corrected chi connectivity index (χ4v) is 17.5. The minimum Gasteiger partial charge on any atom is -0.493 e. The normalized spacial score (nSPS) is 16.7. The Hall–Kier alpha value is -1.52. The van der Waals surface area contributed by atoms with Gasteiger partial charge in [-0.15, -0.1) is 23.5 Å². The number of methoxy groups -OCH3 is 2. The van der Waals surface area contributed by atoms with Crippen LogP contribution in [0.2, 0.25) is 36.3 Å². The van der Waals surface area contributed by atoms with Crippen molar-refractivity contribution in [1.82, 2.24) is 5.32 Å². The van der Waals surface area contributed by atoms with Crippen LogP contribution in [0.25, 0.3) is 0 Å². The SMILES string of the molecule is C.C=C(SCCC(C)(C)C)C1(C)CCCN1.C=C(SCCC(C)(C)C)C1(C)COC(C)(C)OC1.CC(C)(C)CCSC(=O)C(C)(CO)CO.CC(C)(C)CCSC(=O)C(C)(CO[Si](C)(C)C(C)(C)C)CO[Si](C)(C)C(C)(C)C.COc1cc(C)c(COC(=O)OCC(C)(C)C(=O)SCCC(C)(C)C)cc1OC. The molecule has 15 nitrogen and oxygen atoms in total. The van der Waals surface area contributed by atoms with Crippen LogP contribution in [-0.2, 0) is 48.8 Å². The minimum atomic E-state index is -1.94. The average Bonchev–Trinajstić information content (AvgIpc) is 1.55. The van der Waals surface area contributed by atoms with Crippen molar-refractivity contribution < 1.29 is 66.7 Å². The van der Waals surface area contributed by atoms with Gasteiger partial charge < -0.3 is 52.8 Å². The van der Waals surface area contributed by atoms with Gasteiger partial charge in [0.25, 0.3) is 0 Å². The van der Waals surface area contributed by atoms with Crippen LogP contribution in [0.3, 0.4) is 0 Å². The monoisotopic (exact) mass is 1640 g/mol. The summed E-state index contributed by atoms with van der Waals surface area (Å²) in [5.41, 5.74) is 0.889.